The summed E-state index contributed by atoms with van der Waals surface area (Å²) in [7, 11) is 1.73. The number of aliphatic hydroxyl groups excluding tert-OH is 1. The molecule has 5 rings (SSSR count). The minimum atomic E-state index is -0.512. The van der Waals surface area contributed by atoms with Gasteiger partial charge < -0.3 is 25.3 Å². The van der Waals surface area contributed by atoms with E-state index < -0.39 is 5.82 Å². The molecule has 0 saturated carbocycles. The SMILES string of the molecule is CN1CCN(c2ccc(-c3cc(F)cc(-c4cnc(CCO)c(N5CCNCC5)c4)c3O)cc2Cl)C1=O. The number of halogens is 2. The lowest BCUT2D eigenvalue weighted by atomic mass is 9.96. The van der Waals surface area contributed by atoms with Gasteiger partial charge in [0.05, 0.1) is 22.1 Å². The summed E-state index contributed by atoms with van der Waals surface area (Å²) in [5, 5.41) is 24.4. The number of carbonyl (C=O) groups excluding carboxylic acids is 1. The number of urea groups is 1. The number of rotatable bonds is 6. The van der Waals surface area contributed by atoms with Gasteiger partial charge in [-0.2, -0.15) is 0 Å². The number of aromatic hydroxyl groups is 1. The molecule has 2 fully saturated rings. The maximum Gasteiger partial charge on any atom is 0.324 e. The summed E-state index contributed by atoms with van der Waals surface area (Å²) < 4.78 is 14.9. The van der Waals surface area contributed by atoms with Crippen molar-refractivity contribution in [3.63, 3.8) is 0 Å². The van der Waals surface area contributed by atoms with Crippen molar-refractivity contribution in [2.45, 2.75) is 6.42 Å². The molecule has 0 unspecified atom stereocenters. The molecule has 0 bridgehead atoms. The average molecular weight is 526 g/mol. The first-order chi connectivity index (χ1) is 17.9. The third kappa shape index (κ3) is 4.94. The second kappa shape index (κ2) is 10.5. The fourth-order valence-corrected chi connectivity index (χ4v) is 5.19. The molecule has 3 heterocycles. The van der Waals surface area contributed by atoms with Crippen LogP contribution in [-0.4, -0.2) is 79.1 Å². The van der Waals surface area contributed by atoms with Crippen molar-refractivity contribution in [3.05, 3.63) is 59.1 Å². The molecule has 2 aliphatic heterocycles. The predicted octanol–water partition coefficient (Wildman–Crippen LogP) is 3.73. The molecular weight excluding hydrogens is 497 g/mol. The van der Waals surface area contributed by atoms with E-state index in [-0.39, 0.29) is 24.0 Å². The van der Waals surface area contributed by atoms with Crippen molar-refractivity contribution in [2.24, 2.45) is 0 Å². The Kier molecular flexibility index (Phi) is 7.19. The van der Waals surface area contributed by atoms with Crippen molar-refractivity contribution < 1.29 is 19.4 Å². The molecule has 1 aromatic heterocycles. The van der Waals surface area contributed by atoms with Crippen LogP contribution in [0, 0.1) is 5.82 Å². The van der Waals surface area contributed by atoms with Crippen LogP contribution in [0.15, 0.2) is 42.6 Å². The third-order valence-corrected chi connectivity index (χ3v) is 7.21. The fraction of sp³-hybridized carbons (Fsp3) is 0.333. The van der Waals surface area contributed by atoms with Gasteiger partial charge in [-0.15, -0.1) is 0 Å². The van der Waals surface area contributed by atoms with Gasteiger partial charge >= 0.3 is 6.03 Å². The molecule has 0 atom stereocenters. The minimum absolute atomic E-state index is 0.0309. The molecular formula is C27H29ClFN5O3. The molecule has 10 heteroatoms. The maximum atomic E-state index is 14.9. The Morgan fingerprint density at radius 3 is 2.41 bits per heavy atom. The molecule has 194 valence electrons. The summed E-state index contributed by atoms with van der Waals surface area (Å²) in [5.74, 6) is -0.604. The molecule has 3 N–H and O–H groups in total. The minimum Gasteiger partial charge on any atom is -0.507 e. The van der Waals surface area contributed by atoms with E-state index in [4.69, 9.17) is 11.6 Å². The Morgan fingerprint density at radius 2 is 1.76 bits per heavy atom. The third-order valence-electron chi connectivity index (χ3n) is 6.91. The molecule has 3 aromatic rings. The number of nitrogens with one attached hydrogen (secondary N) is 1. The number of piperazine rings is 1. The molecule has 2 saturated heterocycles. The van der Waals surface area contributed by atoms with Crippen LogP contribution in [-0.2, 0) is 6.42 Å². The van der Waals surface area contributed by atoms with Crippen molar-refractivity contribution in [1.82, 2.24) is 15.2 Å². The standard InChI is InChI=1S/C27H29ClFN5O3/c1-32-9-10-34(27(32)37)24-3-2-17(12-22(24)28)20-14-19(29)15-21(26(20)36)18-13-25(23(4-11-35)31-16-18)33-7-5-30-6-8-33/h2-3,12-16,30,35-36H,4-11H2,1H3. The van der Waals surface area contributed by atoms with E-state index in [0.717, 1.165) is 37.6 Å². The number of pyridine rings is 1. The zero-order valence-electron chi connectivity index (χ0n) is 20.5. The normalized spacial score (nSPS) is 16.1. The first-order valence-electron chi connectivity index (χ1n) is 12.3. The molecule has 0 aliphatic carbocycles. The van der Waals surface area contributed by atoms with Crippen LogP contribution in [0.4, 0.5) is 20.6 Å². The van der Waals surface area contributed by atoms with Crippen LogP contribution in [0.3, 0.4) is 0 Å². The van der Waals surface area contributed by atoms with Gasteiger partial charge in [0.1, 0.15) is 11.6 Å². The Balaban J connectivity index is 1.54. The number of carbonyl (C=O) groups is 1. The first kappa shape index (κ1) is 25.3. The number of nitrogens with zero attached hydrogens (tertiary/aromatic N) is 4. The highest BCUT2D eigenvalue weighted by Gasteiger charge is 2.28. The summed E-state index contributed by atoms with van der Waals surface area (Å²) in [6.07, 6.45) is 2.00. The quantitative estimate of drug-likeness (QED) is 0.454. The van der Waals surface area contributed by atoms with E-state index in [1.807, 2.05) is 6.07 Å². The maximum absolute atomic E-state index is 14.9. The summed E-state index contributed by atoms with van der Waals surface area (Å²) in [5.41, 5.74) is 3.89. The van der Waals surface area contributed by atoms with Crippen molar-refractivity contribution in [3.8, 4) is 28.0 Å². The second-order valence-electron chi connectivity index (χ2n) is 9.27. The van der Waals surface area contributed by atoms with Crippen molar-refractivity contribution >= 4 is 29.0 Å². The van der Waals surface area contributed by atoms with E-state index >= 15 is 0 Å². The number of amides is 2. The number of aliphatic hydroxyl groups is 1. The van der Waals surface area contributed by atoms with Crippen LogP contribution in [0.1, 0.15) is 5.69 Å². The fourth-order valence-electron chi connectivity index (χ4n) is 4.91. The Hall–Kier alpha value is -3.40. The van der Waals surface area contributed by atoms with Gasteiger partial charge in [0, 0.05) is 82.2 Å². The molecule has 2 aliphatic rings. The van der Waals surface area contributed by atoms with Gasteiger partial charge in [0.25, 0.3) is 0 Å². The van der Waals surface area contributed by atoms with Crippen molar-refractivity contribution in [1.29, 1.82) is 0 Å². The highest BCUT2D eigenvalue weighted by Crippen LogP contribution is 2.42. The monoisotopic (exact) mass is 525 g/mol. The highest BCUT2D eigenvalue weighted by atomic mass is 35.5. The highest BCUT2D eigenvalue weighted by molar-refractivity contribution is 6.34. The Bertz CT molecular complexity index is 1330. The smallest absolute Gasteiger partial charge is 0.324 e. The summed E-state index contributed by atoms with van der Waals surface area (Å²) >= 11 is 6.55. The van der Waals surface area contributed by atoms with Crippen LogP contribution in [0.5, 0.6) is 5.75 Å². The number of hydrogen-bond acceptors (Lipinski definition) is 6. The molecule has 2 amide bonds. The number of aromatic nitrogens is 1. The van der Waals surface area contributed by atoms with Crippen LogP contribution < -0.4 is 15.1 Å². The van der Waals surface area contributed by atoms with Crippen LogP contribution in [0.2, 0.25) is 5.02 Å². The van der Waals surface area contributed by atoms with Gasteiger partial charge in [0.15, 0.2) is 0 Å². The van der Waals surface area contributed by atoms with Crippen LogP contribution in [0.25, 0.3) is 22.3 Å². The number of phenolic OH excluding ortho intramolecular Hbond substituents is 1. The molecule has 37 heavy (non-hydrogen) atoms. The summed E-state index contributed by atoms with van der Waals surface area (Å²) in [6, 6.07) is 9.39. The van der Waals surface area contributed by atoms with Gasteiger partial charge in [0.2, 0.25) is 0 Å². The van der Waals surface area contributed by atoms with E-state index in [1.54, 1.807) is 41.2 Å². The largest absolute Gasteiger partial charge is 0.507 e. The predicted molar refractivity (Wildman–Crippen MR) is 143 cm³/mol. The second-order valence-corrected chi connectivity index (χ2v) is 9.68. The number of benzene rings is 2. The Labute approximate surface area is 219 Å². The Morgan fingerprint density at radius 1 is 1.03 bits per heavy atom. The molecule has 8 nitrogen and oxygen atoms in total. The summed E-state index contributed by atoms with van der Waals surface area (Å²) in [4.78, 5) is 22.4. The number of hydrogen-bond donors (Lipinski definition) is 3. The summed E-state index contributed by atoms with van der Waals surface area (Å²) in [6.45, 7) is 4.32. The van der Waals surface area contributed by atoms with E-state index in [0.29, 0.717) is 46.9 Å². The van der Waals surface area contributed by atoms with E-state index in [9.17, 15) is 19.4 Å². The zero-order chi connectivity index (χ0) is 26.1. The lowest BCUT2D eigenvalue weighted by Crippen LogP contribution is -2.44. The van der Waals surface area contributed by atoms with Gasteiger partial charge in [-0.1, -0.05) is 17.7 Å². The number of likely N-dealkylation sites (N-methyl/N-ethyl adjacent to an activating group) is 1. The molecule has 0 radical (unpaired) electrons. The molecule has 2 aromatic carbocycles. The molecule has 0 spiro atoms. The zero-order valence-corrected chi connectivity index (χ0v) is 21.3. The topological polar surface area (TPSA) is 92.2 Å². The first-order valence-corrected chi connectivity index (χ1v) is 12.7. The lowest BCUT2D eigenvalue weighted by Gasteiger charge is -2.31. The van der Waals surface area contributed by atoms with Gasteiger partial charge in [-0.05, 0) is 35.9 Å². The van der Waals surface area contributed by atoms with Gasteiger partial charge in [-0.25, -0.2) is 9.18 Å². The van der Waals surface area contributed by atoms with Crippen molar-refractivity contribution in [2.75, 3.05) is 62.7 Å². The van der Waals surface area contributed by atoms with Crippen LogP contribution >= 0.6 is 11.6 Å². The number of phenols is 1. The van der Waals surface area contributed by atoms with Gasteiger partial charge in [-0.3, -0.25) is 9.88 Å². The van der Waals surface area contributed by atoms with E-state index in [2.05, 4.69) is 15.2 Å². The van der Waals surface area contributed by atoms with E-state index in [1.165, 1.54) is 12.1 Å². The average Bonchev–Trinajstić information content (AvgIpc) is 3.23. The number of anilines is 2. The lowest BCUT2D eigenvalue weighted by molar-refractivity contribution is 0.229.